The molecule has 0 radical (unpaired) electrons. The Kier molecular flexibility index (Phi) is 2.94. The predicted octanol–water partition coefficient (Wildman–Crippen LogP) is 2.29. The van der Waals surface area contributed by atoms with Crippen LogP contribution in [0.1, 0.15) is 17.4 Å². The normalized spacial score (nSPS) is 12.8. The van der Waals surface area contributed by atoms with Gasteiger partial charge < -0.3 is 5.11 Å². The van der Waals surface area contributed by atoms with Crippen molar-refractivity contribution >= 4 is 11.6 Å². The van der Waals surface area contributed by atoms with Crippen molar-refractivity contribution in [2.24, 2.45) is 7.05 Å². The van der Waals surface area contributed by atoms with E-state index in [1.54, 1.807) is 13.1 Å². The number of rotatable bonds is 2. The van der Waals surface area contributed by atoms with Crippen LogP contribution in [0.3, 0.4) is 0 Å². The Hall–Kier alpha value is -1.39. The van der Waals surface area contributed by atoms with Crippen LogP contribution in [-0.4, -0.2) is 14.9 Å². The van der Waals surface area contributed by atoms with Gasteiger partial charge in [0.2, 0.25) is 0 Å². The maximum absolute atomic E-state index is 13.0. The van der Waals surface area contributed by atoms with Gasteiger partial charge in [-0.15, -0.1) is 0 Å². The number of nitrogens with zero attached hydrogens (tertiary/aromatic N) is 2. The summed E-state index contributed by atoms with van der Waals surface area (Å²) in [5.41, 5.74) is 0.901. The van der Waals surface area contributed by atoms with Crippen molar-refractivity contribution < 1.29 is 9.50 Å². The molecule has 0 amide bonds. The number of benzene rings is 1. The van der Waals surface area contributed by atoms with E-state index in [2.05, 4.69) is 5.10 Å². The van der Waals surface area contributed by atoms with Gasteiger partial charge >= 0.3 is 0 Å². The fraction of sp³-hybridized carbons (Fsp3) is 0.182. The Morgan fingerprint density at radius 1 is 1.50 bits per heavy atom. The molecule has 0 spiro atoms. The molecule has 1 unspecified atom stereocenters. The van der Waals surface area contributed by atoms with E-state index in [0.29, 0.717) is 16.3 Å². The highest BCUT2D eigenvalue weighted by Gasteiger charge is 2.18. The lowest BCUT2D eigenvalue weighted by molar-refractivity contribution is 0.209. The van der Waals surface area contributed by atoms with Gasteiger partial charge in [-0.3, -0.25) is 4.68 Å². The molecule has 0 saturated carbocycles. The Bertz CT molecular complexity index is 493. The molecule has 0 aliphatic heterocycles. The van der Waals surface area contributed by atoms with E-state index in [-0.39, 0.29) is 0 Å². The van der Waals surface area contributed by atoms with E-state index >= 15 is 0 Å². The molecule has 0 fully saturated rings. The number of hydrogen-bond donors (Lipinski definition) is 1. The smallest absolute Gasteiger partial charge is 0.123 e. The van der Waals surface area contributed by atoms with Gasteiger partial charge in [0.25, 0.3) is 0 Å². The first-order valence-electron chi connectivity index (χ1n) is 4.70. The van der Waals surface area contributed by atoms with Crippen molar-refractivity contribution in [2.45, 2.75) is 6.10 Å². The highest BCUT2D eigenvalue weighted by Crippen LogP contribution is 2.27. The van der Waals surface area contributed by atoms with E-state index in [1.165, 1.54) is 29.1 Å². The number of aliphatic hydroxyl groups is 1. The van der Waals surface area contributed by atoms with Crippen molar-refractivity contribution in [1.82, 2.24) is 9.78 Å². The van der Waals surface area contributed by atoms with Gasteiger partial charge in [0.05, 0.1) is 16.9 Å². The summed E-state index contributed by atoms with van der Waals surface area (Å²) < 4.78 is 14.5. The highest BCUT2D eigenvalue weighted by molar-refractivity contribution is 6.31. The quantitative estimate of drug-likeness (QED) is 0.875. The average molecular weight is 241 g/mol. The molecule has 1 heterocycles. The summed E-state index contributed by atoms with van der Waals surface area (Å²) in [6.07, 6.45) is 0.468. The molecule has 1 aromatic heterocycles. The van der Waals surface area contributed by atoms with Gasteiger partial charge in [0, 0.05) is 7.05 Å². The van der Waals surface area contributed by atoms with Crippen LogP contribution in [0.4, 0.5) is 4.39 Å². The minimum Gasteiger partial charge on any atom is -0.382 e. The molecule has 0 bridgehead atoms. The van der Waals surface area contributed by atoms with E-state index in [0.717, 1.165) is 0 Å². The van der Waals surface area contributed by atoms with Gasteiger partial charge in [-0.2, -0.15) is 5.10 Å². The topological polar surface area (TPSA) is 38.0 Å². The zero-order valence-electron chi connectivity index (χ0n) is 8.56. The van der Waals surface area contributed by atoms with Crippen molar-refractivity contribution in [2.75, 3.05) is 0 Å². The third-order valence-corrected chi connectivity index (χ3v) is 2.65. The number of aliphatic hydroxyl groups excluding tert-OH is 1. The Labute approximate surface area is 97.1 Å². The SMILES string of the molecule is Cn1ncc(Cl)c1C(O)c1cccc(F)c1. The predicted molar refractivity (Wildman–Crippen MR) is 58.7 cm³/mol. The maximum atomic E-state index is 13.0. The molecular weight excluding hydrogens is 231 g/mol. The summed E-state index contributed by atoms with van der Waals surface area (Å²) in [5, 5.41) is 14.3. The van der Waals surface area contributed by atoms with Crippen molar-refractivity contribution in [1.29, 1.82) is 0 Å². The molecule has 1 atom stereocenters. The van der Waals surface area contributed by atoms with Crippen molar-refractivity contribution in [3.63, 3.8) is 0 Å². The second-order valence-corrected chi connectivity index (χ2v) is 3.87. The Morgan fingerprint density at radius 3 is 2.81 bits per heavy atom. The van der Waals surface area contributed by atoms with Gasteiger partial charge in [0.1, 0.15) is 11.9 Å². The molecule has 1 N–H and O–H groups in total. The molecule has 1 aromatic carbocycles. The van der Waals surface area contributed by atoms with Crippen LogP contribution < -0.4 is 0 Å². The second kappa shape index (κ2) is 4.23. The van der Waals surface area contributed by atoms with Crippen molar-refractivity contribution in [3.8, 4) is 0 Å². The minimum atomic E-state index is -0.976. The second-order valence-electron chi connectivity index (χ2n) is 3.46. The first-order chi connectivity index (χ1) is 7.59. The van der Waals surface area contributed by atoms with E-state index in [1.807, 2.05) is 0 Å². The lowest BCUT2D eigenvalue weighted by atomic mass is 10.1. The van der Waals surface area contributed by atoms with Gasteiger partial charge in [-0.25, -0.2) is 4.39 Å². The molecule has 84 valence electrons. The summed E-state index contributed by atoms with van der Waals surface area (Å²) in [7, 11) is 1.67. The summed E-state index contributed by atoms with van der Waals surface area (Å²) in [6.45, 7) is 0. The van der Waals surface area contributed by atoms with Gasteiger partial charge in [0.15, 0.2) is 0 Å². The van der Waals surface area contributed by atoms with Crippen LogP contribution in [0.5, 0.6) is 0 Å². The third-order valence-electron chi connectivity index (χ3n) is 2.36. The van der Waals surface area contributed by atoms with E-state index in [4.69, 9.17) is 11.6 Å². The van der Waals surface area contributed by atoms with Crippen LogP contribution in [0.15, 0.2) is 30.5 Å². The standard InChI is InChI=1S/C11H10ClFN2O/c1-15-10(9(12)6-14-15)11(16)7-3-2-4-8(13)5-7/h2-6,11,16H,1H3. The maximum Gasteiger partial charge on any atom is 0.123 e. The molecule has 3 nitrogen and oxygen atoms in total. The van der Waals surface area contributed by atoms with Crippen LogP contribution in [0.2, 0.25) is 5.02 Å². The first-order valence-corrected chi connectivity index (χ1v) is 5.08. The van der Waals surface area contributed by atoms with Crippen molar-refractivity contribution in [3.05, 3.63) is 52.6 Å². The fourth-order valence-corrected chi connectivity index (χ4v) is 1.83. The molecule has 0 aliphatic rings. The molecule has 5 heteroatoms. The zero-order chi connectivity index (χ0) is 11.7. The number of aromatic nitrogens is 2. The molecule has 0 aliphatic carbocycles. The molecule has 2 aromatic rings. The average Bonchev–Trinajstić information content (AvgIpc) is 2.58. The Balaban J connectivity index is 2.43. The summed E-state index contributed by atoms with van der Waals surface area (Å²) in [5.74, 6) is -0.394. The highest BCUT2D eigenvalue weighted by atomic mass is 35.5. The van der Waals surface area contributed by atoms with Crippen LogP contribution >= 0.6 is 11.6 Å². The lowest BCUT2D eigenvalue weighted by Gasteiger charge is -2.12. The summed E-state index contributed by atoms with van der Waals surface area (Å²) in [6, 6.07) is 5.77. The van der Waals surface area contributed by atoms with Crippen LogP contribution in [0, 0.1) is 5.82 Å². The molecule has 0 saturated heterocycles. The van der Waals surface area contributed by atoms with Crippen LogP contribution in [-0.2, 0) is 7.05 Å². The zero-order valence-corrected chi connectivity index (χ0v) is 9.32. The summed E-state index contributed by atoms with van der Waals surface area (Å²) >= 11 is 5.89. The monoisotopic (exact) mass is 240 g/mol. The lowest BCUT2D eigenvalue weighted by Crippen LogP contribution is -2.07. The van der Waals surface area contributed by atoms with E-state index in [9.17, 15) is 9.50 Å². The molecule has 16 heavy (non-hydrogen) atoms. The Morgan fingerprint density at radius 2 is 2.25 bits per heavy atom. The first kappa shape index (κ1) is 11.1. The van der Waals surface area contributed by atoms with E-state index < -0.39 is 11.9 Å². The van der Waals surface area contributed by atoms with Gasteiger partial charge in [-0.05, 0) is 17.7 Å². The number of hydrogen-bond acceptors (Lipinski definition) is 2. The molecular formula is C11H10ClFN2O. The third kappa shape index (κ3) is 1.94. The van der Waals surface area contributed by atoms with Crippen LogP contribution in [0.25, 0.3) is 0 Å². The van der Waals surface area contributed by atoms with Gasteiger partial charge in [-0.1, -0.05) is 23.7 Å². The minimum absolute atomic E-state index is 0.360. The number of aryl methyl sites for hydroxylation is 1. The molecule has 2 rings (SSSR count). The number of halogens is 2. The fourth-order valence-electron chi connectivity index (χ4n) is 1.56. The summed E-state index contributed by atoms with van der Waals surface area (Å²) in [4.78, 5) is 0. The largest absolute Gasteiger partial charge is 0.382 e.